The summed E-state index contributed by atoms with van der Waals surface area (Å²) in [5.41, 5.74) is 3.62. The highest BCUT2D eigenvalue weighted by Gasteiger charge is 2.40. The Hall–Kier alpha value is -2.37. The molecule has 5 rings (SSSR count). The molecule has 0 spiro atoms. The molecule has 6 heteroatoms. The largest absolute Gasteiger partial charge is 0.361 e. The van der Waals surface area contributed by atoms with Gasteiger partial charge in [0.15, 0.2) is 0 Å². The highest BCUT2D eigenvalue weighted by atomic mass is 35.5. The van der Waals surface area contributed by atoms with Crippen LogP contribution in [0, 0.1) is 11.7 Å². The Morgan fingerprint density at radius 2 is 1.79 bits per heavy atom. The number of carbonyl (C=O) groups excluding carboxylic acids is 1. The summed E-state index contributed by atoms with van der Waals surface area (Å²) in [5.74, 6) is 0.958. The minimum Gasteiger partial charge on any atom is -0.361 e. The minimum atomic E-state index is -0.191. The number of H-pyrrole nitrogens is 1. The number of para-hydroxylation sites is 1. The molecule has 0 radical (unpaired) electrons. The van der Waals surface area contributed by atoms with E-state index >= 15 is 0 Å². The van der Waals surface area contributed by atoms with E-state index in [0.717, 1.165) is 45.2 Å². The van der Waals surface area contributed by atoms with Crippen molar-refractivity contribution in [1.29, 1.82) is 0 Å². The molecular formula is C28H35ClFN3O. The van der Waals surface area contributed by atoms with E-state index in [1.165, 1.54) is 22.0 Å². The lowest BCUT2D eigenvalue weighted by atomic mass is 9.71. The third-order valence-electron chi connectivity index (χ3n) is 8.24. The number of halogens is 2. The first kappa shape index (κ1) is 24.7. The molecule has 0 bridgehead atoms. The van der Waals surface area contributed by atoms with Crippen LogP contribution in [0.5, 0.6) is 0 Å². The molecule has 182 valence electrons. The Kier molecular flexibility index (Phi) is 7.34. The van der Waals surface area contributed by atoms with Crippen LogP contribution in [0.2, 0.25) is 0 Å². The topological polar surface area (TPSA) is 39.3 Å². The van der Waals surface area contributed by atoms with Gasteiger partial charge in [-0.05, 0) is 81.4 Å². The van der Waals surface area contributed by atoms with Crippen molar-refractivity contribution in [3.63, 3.8) is 0 Å². The Morgan fingerprint density at radius 1 is 1.09 bits per heavy atom. The van der Waals surface area contributed by atoms with Gasteiger partial charge in [-0.2, -0.15) is 0 Å². The highest BCUT2D eigenvalue weighted by molar-refractivity contribution is 5.85. The molecule has 2 aromatic carbocycles. The fourth-order valence-electron chi connectivity index (χ4n) is 6.16. The third kappa shape index (κ3) is 4.60. The van der Waals surface area contributed by atoms with Crippen molar-refractivity contribution in [3.05, 3.63) is 71.7 Å². The third-order valence-corrected chi connectivity index (χ3v) is 8.24. The standard InChI is InChI=1S/C28H34FN3O.ClH/c1-31(2)28(22-7-9-23(29)10-8-22)14-11-20(12-15-28)17-27(33)32-16-13-21(19-32)25-18-30-26-6-4-3-5-24(25)26;/h3-10,18,20-21,30H,11-17,19H2,1-2H3;1H. The Bertz CT molecular complexity index is 1120. The van der Waals surface area contributed by atoms with Gasteiger partial charge in [-0.15, -0.1) is 12.4 Å². The van der Waals surface area contributed by atoms with Crippen LogP contribution in [0.25, 0.3) is 10.9 Å². The molecule has 2 fully saturated rings. The molecule has 3 aromatic rings. The van der Waals surface area contributed by atoms with Crippen molar-refractivity contribution < 1.29 is 9.18 Å². The summed E-state index contributed by atoms with van der Waals surface area (Å²) in [6.07, 6.45) is 7.87. The van der Waals surface area contributed by atoms with Crippen molar-refractivity contribution in [2.75, 3.05) is 27.2 Å². The molecule has 1 aromatic heterocycles. The number of nitrogens with one attached hydrogen (secondary N) is 1. The second-order valence-electron chi connectivity index (χ2n) is 10.2. The fourth-order valence-corrected chi connectivity index (χ4v) is 6.16. The molecule has 1 saturated carbocycles. The Labute approximate surface area is 207 Å². The van der Waals surface area contributed by atoms with Crippen molar-refractivity contribution in [3.8, 4) is 0 Å². The first-order valence-corrected chi connectivity index (χ1v) is 12.2. The predicted octanol–water partition coefficient (Wildman–Crippen LogP) is 6.08. The number of fused-ring (bicyclic) bond motifs is 1. The summed E-state index contributed by atoms with van der Waals surface area (Å²) in [4.78, 5) is 20.9. The van der Waals surface area contributed by atoms with E-state index in [1.54, 1.807) is 12.1 Å². The van der Waals surface area contributed by atoms with E-state index in [-0.39, 0.29) is 23.8 Å². The van der Waals surface area contributed by atoms with Crippen LogP contribution in [0.3, 0.4) is 0 Å². The average molecular weight is 484 g/mol. The van der Waals surface area contributed by atoms with Crippen LogP contribution >= 0.6 is 12.4 Å². The summed E-state index contributed by atoms with van der Waals surface area (Å²) < 4.78 is 13.5. The van der Waals surface area contributed by atoms with Gasteiger partial charge < -0.3 is 9.88 Å². The zero-order valence-corrected chi connectivity index (χ0v) is 20.9. The Balaban J connectivity index is 0.00000274. The van der Waals surface area contributed by atoms with E-state index in [0.29, 0.717) is 24.2 Å². The van der Waals surface area contributed by atoms with Crippen LogP contribution in [0.1, 0.15) is 55.6 Å². The van der Waals surface area contributed by atoms with E-state index < -0.39 is 0 Å². The van der Waals surface area contributed by atoms with Gasteiger partial charge in [0.25, 0.3) is 0 Å². The number of carbonyl (C=O) groups is 1. The van der Waals surface area contributed by atoms with Crippen molar-refractivity contribution in [2.24, 2.45) is 5.92 Å². The summed E-state index contributed by atoms with van der Waals surface area (Å²) in [6, 6.07) is 15.4. The normalized spacial score (nSPS) is 25.0. The van der Waals surface area contributed by atoms with Gasteiger partial charge in [0, 0.05) is 48.1 Å². The lowest BCUT2D eigenvalue weighted by Crippen LogP contribution is -2.45. The van der Waals surface area contributed by atoms with Gasteiger partial charge in [0.05, 0.1) is 0 Å². The maximum atomic E-state index is 13.5. The average Bonchev–Trinajstić information content (AvgIpc) is 3.47. The summed E-state index contributed by atoms with van der Waals surface area (Å²) in [6.45, 7) is 1.68. The lowest BCUT2D eigenvalue weighted by molar-refractivity contribution is -0.131. The number of rotatable bonds is 5. The molecule has 1 aliphatic heterocycles. The molecular weight excluding hydrogens is 449 g/mol. The van der Waals surface area contributed by atoms with Crippen LogP contribution in [-0.4, -0.2) is 47.9 Å². The maximum absolute atomic E-state index is 13.5. The first-order chi connectivity index (χ1) is 16.0. The van der Waals surface area contributed by atoms with E-state index in [4.69, 9.17) is 0 Å². The molecule has 2 aliphatic rings. The summed E-state index contributed by atoms with van der Waals surface area (Å²) in [5, 5.41) is 1.28. The lowest BCUT2D eigenvalue weighted by Gasteiger charge is -2.45. The zero-order valence-electron chi connectivity index (χ0n) is 20.1. The molecule has 1 saturated heterocycles. The SMILES string of the molecule is CN(C)C1(c2ccc(F)cc2)CCC(CC(=O)N2CCC(c3c[nH]c4ccccc34)C2)CC1.Cl. The van der Waals surface area contributed by atoms with Crippen LogP contribution in [-0.2, 0) is 10.3 Å². The van der Waals surface area contributed by atoms with Gasteiger partial charge in [-0.1, -0.05) is 30.3 Å². The molecule has 2 heterocycles. The predicted molar refractivity (Wildman–Crippen MR) is 138 cm³/mol. The van der Waals surface area contributed by atoms with Gasteiger partial charge in [-0.25, -0.2) is 4.39 Å². The number of likely N-dealkylation sites (tertiary alicyclic amines) is 1. The number of hydrogen-bond donors (Lipinski definition) is 1. The van der Waals surface area contributed by atoms with E-state index in [9.17, 15) is 9.18 Å². The van der Waals surface area contributed by atoms with Gasteiger partial charge in [-0.3, -0.25) is 9.69 Å². The van der Waals surface area contributed by atoms with E-state index in [2.05, 4.69) is 59.3 Å². The monoisotopic (exact) mass is 483 g/mol. The van der Waals surface area contributed by atoms with E-state index in [1.807, 2.05) is 12.1 Å². The molecule has 1 amide bonds. The number of benzene rings is 2. The quantitative estimate of drug-likeness (QED) is 0.477. The van der Waals surface area contributed by atoms with Gasteiger partial charge in [0.1, 0.15) is 5.82 Å². The zero-order chi connectivity index (χ0) is 23.0. The molecule has 1 atom stereocenters. The molecule has 4 nitrogen and oxygen atoms in total. The van der Waals surface area contributed by atoms with Gasteiger partial charge >= 0.3 is 0 Å². The van der Waals surface area contributed by atoms with Gasteiger partial charge in [0.2, 0.25) is 5.91 Å². The fraction of sp³-hybridized carbons (Fsp3) is 0.464. The van der Waals surface area contributed by atoms with Crippen molar-refractivity contribution in [2.45, 2.75) is 50.0 Å². The second-order valence-corrected chi connectivity index (χ2v) is 10.2. The summed E-state index contributed by atoms with van der Waals surface area (Å²) >= 11 is 0. The van der Waals surface area contributed by atoms with Crippen LogP contribution < -0.4 is 0 Å². The van der Waals surface area contributed by atoms with Crippen molar-refractivity contribution in [1.82, 2.24) is 14.8 Å². The second kappa shape index (κ2) is 10.1. The van der Waals surface area contributed by atoms with Crippen LogP contribution in [0.4, 0.5) is 4.39 Å². The van der Waals surface area contributed by atoms with Crippen LogP contribution in [0.15, 0.2) is 54.7 Å². The Morgan fingerprint density at radius 3 is 2.50 bits per heavy atom. The maximum Gasteiger partial charge on any atom is 0.222 e. The molecule has 34 heavy (non-hydrogen) atoms. The summed E-state index contributed by atoms with van der Waals surface area (Å²) in [7, 11) is 4.23. The number of nitrogens with zero attached hydrogens (tertiary/aromatic N) is 2. The van der Waals surface area contributed by atoms with Crippen molar-refractivity contribution >= 4 is 29.2 Å². The minimum absolute atomic E-state index is 0. The number of amides is 1. The molecule has 1 N–H and O–H groups in total. The molecule has 1 unspecified atom stereocenters. The number of aromatic amines is 1. The smallest absolute Gasteiger partial charge is 0.222 e. The number of hydrogen-bond acceptors (Lipinski definition) is 2. The highest BCUT2D eigenvalue weighted by Crippen LogP contribution is 2.44. The molecule has 1 aliphatic carbocycles. The first-order valence-electron chi connectivity index (χ1n) is 12.2. The number of aromatic nitrogens is 1.